The maximum atomic E-state index is 12.8. The molecule has 27 heavy (non-hydrogen) atoms. The molecule has 3 heterocycles. The van der Waals surface area contributed by atoms with E-state index >= 15 is 0 Å². The molecule has 3 saturated heterocycles. The van der Waals surface area contributed by atoms with Crippen LogP contribution in [0.25, 0.3) is 0 Å². The van der Waals surface area contributed by atoms with Crippen LogP contribution in [0.15, 0.2) is 24.3 Å². The molecule has 0 aliphatic carbocycles. The highest BCUT2D eigenvalue weighted by Crippen LogP contribution is 2.29. The molecule has 144 valence electrons. The predicted molar refractivity (Wildman–Crippen MR) is 103 cm³/mol. The molecular weight excluding hydrogens is 344 g/mol. The number of nitrogens with zero attached hydrogens (tertiary/aromatic N) is 4. The van der Waals surface area contributed by atoms with Crippen molar-refractivity contribution in [1.82, 2.24) is 9.80 Å². The monoisotopic (exact) mass is 370 g/mol. The molecule has 1 unspecified atom stereocenters. The van der Waals surface area contributed by atoms with Crippen LogP contribution >= 0.6 is 0 Å². The lowest BCUT2D eigenvalue weighted by atomic mass is 10.1. The summed E-state index contributed by atoms with van der Waals surface area (Å²) in [6.45, 7) is 4.86. The molecule has 7 nitrogen and oxygen atoms in total. The first kappa shape index (κ1) is 17.8. The zero-order valence-electron chi connectivity index (χ0n) is 15.5. The largest absolute Gasteiger partial charge is 0.372 e. The fourth-order valence-electron chi connectivity index (χ4n) is 4.25. The van der Waals surface area contributed by atoms with Gasteiger partial charge in [-0.15, -0.1) is 0 Å². The molecule has 3 amide bonds. The Balaban J connectivity index is 1.38. The normalized spacial score (nSPS) is 23.3. The van der Waals surface area contributed by atoms with E-state index in [0.717, 1.165) is 25.2 Å². The Morgan fingerprint density at radius 2 is 1.56 bits per heavy atom. The van der Waals surface area contributed by atoms with E-state index in [9.17, 15) is 14.4 Å². The van der Waals surface area contributed by atoms with Crippen molar-refractivity contribution < 1.29 is 14.4 Å². The highest BCUT2D eigenvalue weighted by molar-refractivity contribution is 6.00. The SMILES string of the molecule is O=CN1CCN(C(=O)C2CC(=O)N(c3ccc(N4CCCC4)cc3)C2)CC1. The Morgan fingerprint density at radius 1 is 0.926 bits per heavy atom. The van der Waals surface area contributed by atoms with Crippen molar-refractivity contribution >= 4 is 29.6 Å². The summed E-state index contributed by atoms with van der Waals surface area (Å²) in [7, 11) is 0. The van der Waals surface area contributed by atoms with Gasteiger partial charge in [-0.05, 0) is 37.1 Å². The van der Waals surface area contributed by atoms with Crippen LogP contribution in [-0.2, 0) is 14.4 Å². The van der Waals surface area contributed by atoms with E-state index in [1.54, 1.807) is 14.7 Å². The molecule has 0 saturated carbocycles. The van der Waals surface area contributed by atoms with Gasteiger partial charge in [0, 0.05) is 63.6 Å². The predicted octanol–water partition coefficient (Wildman–Crippen LogP) is 0.940. The first-order valence-electron chi connectivity index (χ1n) is 9.79. The Hall–Kier alpha value is -2.57. The number of carbonyl (C=O) groups excluding carboxylic acids is 3. The van der Waals surface area contributed by atoms with Crippen LogP contribution in [0.4, 0.5) is 11.4 Å². The maximum Gasteiger partial charge on any atom is 0.228 e. The number of carbonyl (C=O) groups is 3. The van der Waals surface area contributed by atoms with E-state index in [1.165, 1.54) is 18.5 Å². The van der Waals surface area contributed by atoms with Crippen molar-refractivity contribution in [1.29, 1.82) is 0 Å². The third-order valence-corrected chi connectivity index (χ3v) is 5.88. The second-order valence-electron chi connectivity index (χ2n) is 7.58. The maximum absolute atomic E-state index is 12.8. The second kappa shape index (κ2) is 7.58. The van der Waals surface area contributed by atoms with Crippen LogP contribution < -0.4 is 9.80 Å². The van der Waals surface area contributed by atoms with Crippen LogP contribution in [0.3, 0.4) is 0 Å². The Kier molecular flexibility index (Phi) is 5.01. The third kappa shape index (κ3) is 3.63. The molecule has 0 spiro atoms. The van der Waals surface area contributed by atoms with Crippen molar-refractivity contribution in [3.05, 3.63) is 24.3 Å². The average Bonchev–Trinajstić information content (AvgIpc) is 3.38. The lowest BCUT2D eigenvalue weighted by Crippen LogP contribution is -2.50. The molecule has 4 rings (SSSR count). The van der Waals surface area contributed by atoms with E-state index in [-0.39, 0.29) is 24.2 Å². The summed E-state index contributed by atoms with van der Waals surface area (Å²) >= 11 is 0. The molecular formula is C20H26N4O3. The van der Waals surface area contributed by atoms with E-state index in [0.29, 0.717) is 32.7 Å². The van der Waals surface area contributed by atoms with Crippen LogP contribution in [-0.4, -0.2) is 73.8 Å². The molecule has 0 N–H and O–H groups in total. The molecule has 3 aliphatic heterocycles. The van der Waals surface area contributed by atoms with Gasteiger partial charge in [0.1, 0.15) is 0 Å². The molecule has 0 radical (unpaired) electrons. The number of hydrogen-bond donors (Lipinski definition) is 0. The van der Waals surface area contributed by atoms with Gasteiger partial charge in [0.15, 0.2) is 0 Å². The summed E-state index contributed by atoms with van der Waals surface area (Å²) in [5, 5.41) is 0. The Morgan fingerprint density at radius 3 is 2.19 bits per heavy atom. The van der Waals surface area contributed by atoms with E-state index in [1.807, 2.05) is 12.1 Å². The van der Waals surface area contributed by atoms with Gasteiger partial charge in [-0.1, -0.05) is 0 Å². The fraction of sp³-hybridized carbons (Fsp3) is 0.550. The summed E-state index contributed by atoms with van der Waals surface area (Å²) < 4.78 is 0. The molecule has 0 bridgehead atoms. The van der Waals surface area contributed by atoms with Gasteiger partial charge in [-0.25, -0.2) is 0 Å². The Bertz CT molecular complexity index is 706. The third-order valence-electron chi connectivity index (χ3n) is 5.88. The van der Waals surface area contributed by atoms with E-state index < -0.39 is 0 Å². The number of rotatable bonds is 4. The number of amides is 3. The highest BCUT2D eigenvalue weighted by Gasteiger charge is 2.37. The van der Waals surface area contributed by atoms with Gasteiger partial charge in [0.05, 0.1) is 5.92 Å². The van der Waals surface area contributed by atoms with Gasteiger partial charge in [-0.2, -0.15) is 0 Å². The Labute approximate surface area is 159 Å². The van der Waals surface area contributed by atoms with Crippen molar-refractivity contribution in [2.75, 3.05) is 55.6 Å². The zero-order valence-corrected chi connectivity index (χ0v) is 15.5. The van der Waals surface area contributed by atoms with Gasteiger partial charge in [0.25, 0.3) is 0 Å². The number of piperazine rings is 1. The van der Waals surface area contributed by atoms with Gasteiger partial charge >= 0.3 is 0 Å². The second-order valence-corrected chi connectivity index (χ2v) is 7.58. The summed E-state index contributed by atoms with van der Waals surface area (Å²) in [6, 6.07) is 8.12. The van der Waals surface area contributed by atoms with Crippen molar-refractivity contribution in [3.8, 4) is 0 Å². The van der Waals surface area contributed by atoms with Crippen LogP contribution in [0.1, 0.15) is 19.3 Å². The standard InChI is InChI=1S/C20H26N4O3/c25-15-21-9-11-23(12-10-21)20(27)16-13-19(26)24(14-16)18-5-3-17(4-6-18)22-7-1-2-8-22/h3-6,15-16H,1-2,7-14H2. The molecule has 1 atom stereocenters. The molecule has 7 heteroatoms. The highest BCUT2D eigenvalue weighted by atomic mass is 16.2. The van der Waals surface area contributed by atoms with Crippen LogP contribution in [0, 0.1) is 5.92 Å². The number of benzene rings is 1. The molecule has 1 aromatic rings. The smallest absolute Gasteiger partial charge is 0.228 e. The number of anilines is 2. The van der Waals surface area contributed by atoms with Crippen molar-refractivity contribution in [2.45, 2.75) is 19.3 Å². The first-order valence-corrected chi connectivity index (χ1v) is 9.79. The lowest BCUT2D eigenvalue weighted by molar-refractivity contribution is -0.139. The summed E-state index contributed by atoms with van der Waals surface area (Å²) in [6.07, 6.45) is 3.56. The number of hydrogen-bond acceptors (Lipinski definition) is 4. The minimum atomic E-state index is -0.293. The van der Waals surface area contributed by atoms with Gasteiger partial charge in [0.2, 0.25) is 18.2 Å². The fourth-order valence-corrected chi connectivity index (χ4v) is 4.25. The zero-order chi connectivity index (χ0) is 18.8. The van der Waals surface area contributed by atoms with E-state index in [2.05, 4.69) is 17.0 Å². The molecule has 0 aromatic heterocycles. The summed E-state index contributed by atoms with van der Waals surface area (Å²) in [5.74, 6) is -0.252. The van der Waals surface area contributed by atoms with Crippen molar-refractivity contribution in [2.24, 2.45) is 5.92 Å². The van der Waals surface area contributed by atoms with Crippen LogP contribution in [0.5, 0.6) is 0 Å². The average molecular weight is 370 g/mol. The summed E-state index contributed by atoms with van der Waals surface area (Å²) in [5.41, 5.74) is 2.06. The molecule has 1 aromatic carbocycles. The first-order chi connectivity index (χ1) is 13.2. The minimum Gasteiger partial charge on any atom is -0.372 e. The van der Waals surface area contributed by atoms with Gasteiger partial charge < -0.3 is 19.6 Å². The minimum absolute atomic E-state index is 0.00815. The van der Waals surface area contributed by atoms with Gasteiger partial charge in [-0.3, -0.25) is 14.4 Å². The quantitative estimate of drug-likeness (QED) is 0.740. The lowest BCUT2D eigenvalue weighted by Gasteiger charge is -2.33. The van der Waals surface area contributed by atoms with E-state index in [4.69, 9.17) is 0 Å². The topological polar surface area (TPSA) is 64.2 Å². The molecule has 3 aliphatic rings. The van der Waals surface area contributed by atoms with Crippen molar-refractivity contribution in [3.63, 3.8) is 0 Å². The summed E-state index contributed by atoms with van der Waals surface area (Å²) in [4.78, 5) is 43.7. The van der Waals surface area contributed by atoms with Crippen LogP contribution in [0.2, 0.25) is 0 Å². The molecule has 3 fully saturated rings.